The third-order valence-corrected chi connectivity index (χ3v) is 1.67. The average Bonchev–Trinajstić information content (AvgIpc) is 2.10. The molecule has 0 bridgehead atoms. The molecule has 0 aromatic carbocycles. The summed E-state index contributed by atoms with van der Waals surface area (Å²) >= 11 is 3.21. The van der Waals surface area contributed by atoms with Gasteiger partial charge in [0, 0.05) is 6.42 Å². The Kier molecular flexibility index (Phi) is 1.72. The number of halogens is 1. The molecule has 0 saturated carbocycles. The van der Waals surface area contributed by atoms with Crippen molar-refractivity contribution in [3.8, 4) is 0 Å². The van der Waals surface area contributed by atoms with Crippen LogP contribution in [0.15, 0.2) is 11.8 Å². The van der Waals surface area contributed by atoms with Crippen molar-refractivity contribution in [2.45, 2.75) is 17.9 Å². The number of carboxylic acid groups (broad SMARTS) is 1. The number of carbonyl (C=O) groups is 1. The van der Waals surface area contributed by atoms with Crippen LogP contribution in [0.5, 0.6) is 0 Å². The first kappa shape index (κ1) is 7.60. The van der Waals surface area contributed by atoms with Crippen LogP contribution >= 0.6 is 15.9 Å². The van der Waals surface area contributed by atoms with Gasteiger partial charge in [-0.15, -0.1) is 0 Å². The van der Waals surface area contributed by atoms with Crippen LogP contribution in [0.2, 0.25) is 0 Å². The van der Waals surface area contributed by atoms with Crippen LogP contribution in [0.1, 0.15) is 13.3 Å². The smallest absolute Gasteiger partial charge is 0.370 e. The summed E-state index contributed by atoms with van der Waals surface area (Å²) < 4.78 is 4.48. The van der Waals surface area contributed by atoms with Gasteiger partial charge < -0.3 is 9.84 Å². The average molecular weight is 207 g/mol. The second kappa shape index (κ2) is 2.27. The van der Waals surface area contributed by atoms with Gasteiger partial charge >= 0.3 is 5.97 Å². The van der Waals surface area contributed by atoms with Crippen molar-refractivity contribution < 1.29 is 14.6 Å². The van der Waals surface area contributed by atoms with E-state index in [1.54, 1.807) is 13.0 Å². The molecule has 1 aliphatic heterocycles. The van der Waals surface area contributed by atoms with Gasteiger partial charge in [0.1, 0.15) is 0 Å². The molecule has 56 valence electrons. The van der Waals surface area contributed by atoms with Crippen molar-refractivity contribution in [1.29, 1.82) is 0 Å². The molecule has 0 aliphatic carbocycles. The maximum atomic E-state index is 10.3. The summed E-state index contributed by atoms with van der Waals surface area (Å²) in [5.41, 5.74) is 0. The molecule has 0 amide bonds. The predicted molar refractivity (Wildman–Crippen MR) is 38.8 cm³/mol. The molecule has 1 rings (SSSR count). The third kappa shape index (κ3) is 1.50. The second-order valence-electron chi connectivity index (χ2n) is 2.28. The molecule has 0 aromatic heterocycles. The summed E-state index contributed by atoms with van der Waals surface area (Å²) in [6, 6.07) is 0. The topological polar surface area (TPSA) is 46.5 Å². The predicted octanol–water partition coefficient (Wildman–Crippen LogP) is 1.49. The van der Waals surface area contributed by atoms with Crippen LogP contribution in [0.25, 0.3) is 0 Å². The van der Waals surface area contributed by atoms with Gasteiger partial charge in [0.05, 0.1) is 0 Å². The van der Waals surface area contributed by atoms with E-state index >= 15 is 0 Å². The van der Waals surface area contributed by atoms with Crippen LogP contribution in [0.3, 0.4) is 0 Å². The second-order valence-corrected chi connectivity index (χ2v) is 3.96. The molecule has 0 radical (unpaired) electrons. The molecule has 1 aliphatic rings. The van der Waals surface area contributed by atoms with Crippen molar-refractivity contribution in [1.82, 2.24) is 0 Å². The van der Waals surface area contributed by atoms with Gasteiger partial charge in [-0.05, 0) is 28.9 Å². The molecule has 1 heterocycles. The molecule has 4 heteroatoms. The Balaban J connectivity index is 2.64. The zero-order valence-corrected chi connectivity index (χ0v) is 7.01. The lowest BCUT2D eigenvalue weighted by molar-refractivity contribution is -0.137. The molecule has 10 heavy (non-hydrogen) atoms. The van der Waals surface area contributed by atoms with Gasteiger partial charge in [0.2, 0.25) is 5.76 Å². The van der Waals surface area contributed by atoms with Crippen molar-refractivity contribution >= 4 is 21.9 Å². The van der Waals surface area contributed by atoms with E-state index < -0.39 is 10.5 Å². The highest BCUT2D eigenvalue weighted by Crippen LogP contribution is 2.33. The van der Waals surface area contributed by atoms with E-state index in [9.17, 15) is 4.79 Å². The number of rotatable bonds is 1. The number of carboxylic acids is 1. The lowest BCUT2D eigenvalue weighted by atomic mass is 10.3. The number of alkyl halides is 1. The quantitative estimate of drug-likeness (QED) is 0.662. The van der Waals surface area contributed by atoms with E-state index in [2.05, 4.69) is 15.9 Å². The number of hydrogen-bond acceptors (Lipinski definition) is 2. The molecule has 0 spiro atoms. The minimum Gasteiger partial charge on any atom is -0.475 e. The highest BCUT2D eigenvalue weighted by atomic mass is 79.9. The fourth-order valence-corrected chi connectivity index (χ4v) is 1.05. The number of hydrogen-bond donors (Lipinski definition) is 1. The lowest BCUT2D eigenvalue weighted by Crippen LogP contribution is -2.15. The largest absolute Gasteiger partial charge is 0.475 e. The Bertz CT molecular complexity index is 195. The van der Waals surface area contributed by atoms with E-state index in [1.807, 2.05) is 0 Å². The van der Waals surface area contributed by atoms with E-state index in [0.29, 0.717) is 6.42 Å². The zero-order chi connectivity index (χ0) is 7.78. The fourth-order valence-electron chi connectivity index (χ4n) is 0.719. The van der Waals surface area contributed by atoms with Crippen molar-refractivity contribution in [3.63, 3.8) is 0 Å². The summed E-state index contributed by atoms with van der Waals surface area (Å²) in [6.07, 6.45) is 2.14. The summed E-state index contributed by atoms with van der Waals surface area (Å²) in [6.45, 7) is 1.78. The molecule has 0 aromatic rings. The van der Waals surface area contributed by atoms with Crippen molar-refractivity contribution in [2.75, 3.05) is 0 Å². The van der Waals surface area contributed by atoms with Gasteiger partial charge in [-0.2, -0.15) is 0 Å². The van der Waals surface area contributed by atoms with E-state index in [0.717, 1.165) is 0 Å². The molecule has 1 atom stereocenters. The first-order valence-electron chi connectivity index (χ1n) is 2.83. The van der Waals surface area contributed by atoms with Gasteiger partial charge in [0.25, 0.3) is 0 Å². The monoisotopic (exact) mass is 206 g/mol. The first-order chi connectivity index (χ1) is 4.51. The molecule has 1 unspecified atom stereocenters. The normalized spacial score (nSPS) is 31.2. The van der Waals surface area contributed by atoms with Gasteiger partial charge in [-0.1, -0.05) is 0 Å². The van der Waals surface area contributed by atoms with Gasteiger partial charge in [0.15, 0.2) is 4.51 Å². The minimum atomic E-state index is -1.01. The minimum absolute atomic E-state index is 0.0272. The summed E-state index contributed by atoms with van der Waals surface area (Å²) in [7, 11) is 0. The lowest BCUT2D eigenvalue weighted by Gasteiger charge is -2.15. The molecule has 3 nitrogen and oxygen atoms in total. The summed E-state index contributed by atoms with van der Waals surface area (Å²) in [4.78, 5) is 10.3. The Labute approximate surface area is 66.8 Å². The fraction of sp³-hybridized carbons (Fsp3) is 0.500. The maximum Gasteiger partial charge on any atom is 0.370 e. The van der Waals surface area contributed by atoms with Gasteiger partial charge in [-0.3, -0.25) is 0 Å². The third-order valence-electron chi connectivity index (χ3n) is 1.19. The van der Waals surface area contributed by atoms with Crippen LogP contribution < -0.4 is 0 Å². The summed E-state index contributed by atoms with van der Waals surface area (Å²) in [5, 5.41) is 8.43. The highest BCUT2D eigenvalue weighted by Gasteiger charge is 2.30. The van der Waals surface area contributed by atoms with E-state index in [-0.39, 0.29) is 5.76 Å². The Hall–Kier alpha value is -0.510. The molecular formula is C6H7BrO3. The number of aliphatic carboxylic acids is 1. The number of ether oxygens (including phenoxy) is 1. The first-order valence-corrected chi connectivity index (χ1v) is 3.62. The van der Waals surface area contributed by atoms with Crippen LogP contribution in [0, 0.1) is 0 Å². The van der Waals surface area contributed by atoms with Crippen LogP contribution in [-0.4, -0.2) is 15.6 Å². The van der Waals surface area contributed by atoms with E-state index in [1.165, 1.54) is 0 Å². The molecule has 1 N–H and O–H groups in total. The van der Waals surface area contributed by atoms with E-state index in [4.69, 9.17) is 9.84 Å². The maximum absolute atomic E-state index is 10.3. The van der Waals surface area contributed by atoms with Crippen LogP contribution in [0.4, 0.5) is 0 Å². The SMILES string of the molecule is CC1(Br)CC=C(C(=O)O)O1. The van der Waals surface area contributed by atoms with Crippen molar-refractivity contribution in [2.24, 2.45) is 0 Å². The highest BCUT2D eigenvalue weighted by molar-refractivity contribution is 9.10. The summed E-state index contributed by atoms with van der Waals surface area (Å²) in [5.74, 6) is -0.984. The Morgan fingerprint density at radius 2 is 2.60 bits per heavy atom. The standard InChI is InChI=1S/C6H7BrO3/c1-6(7)3-2-4(10-6)5(8)9/h2H,3H2,1H3,(H,8,9). The van der Waals surface area contributed by atoms with Crippen molar-refractivity contribution in [3.05, 3.63) is 11.8 Å². The zero-order valence-electron chi connectivity index (χ0n) is 5.43. The molecule has 0 fully saturated rings. The van der Waals surface area contributed by atoms with Gasteiger partial charge in [-0.25, -0.2) is 4.79 Å². The Morgan fingerprint density at radius 3 is 2.80 bits per heavy atom. The van der Waals surface area contributed by atoms with Crippen LogP contribution in [-0.2, 0) is 9.53 Å². The Morgan fingerprint density at radius 1 is 2.00 bits per heavy atom. The molecule has 0 saturated heterocycles. The molecular weight excluding hydrogens is 200 g/mol.